The quantitative estimate of drug-likeness (QED) is 0.668. The first-order chi connectivity index (χ1) is 9.83. The lowest BCUT2D eigenvalue weighted by atomic mass is 10.1. The second-order valence-electron chi connectivity index (χ2n) is 5.15. The van der Waals surface area contributed by atoms with Crippen LogP contribution in [0.1, 0.15) is 23.5 Å². The molecule has 20 heavy (non-hydrogen) atoms. The molecule has 0 fully saturated rings. The number of aromatic amines is 1. The maximum Gasteiger partial charge on any atom is 0.117 e. The van der Waals surface area contributed by atoms with Crippen molar-refractivity contribution in [2.45, 2.75) is 26.3 Å². The average molecular weight is 268 g/mol. The van der Waals surface area contributed by atoms with Gasteiger partial charge in [0.2, 0.25) is 0 Å². The maximum atomic E-state index is 5.53. The predicted molar refractivity (Wildman–Crippen MR) is 81.8 cm³/mol. The molecule has 3 rings (SSSR count). The highest BCUT2D eigenvalue weighted by atomic mass is 16.3. The molecule has 0 aliphatic carbocycles. The summed E-state index contributed by atoms with van der Waals surface area (Å²) in [5, 5.41) is 4.76. The number of rotatable bonds is 6. The second-order valence-corrected chi connectivity index (χ2v) is 5.15. The molecule has 0 aliphatic heterocycles. The third kappa shape index (κ3) is 2.94. The molecule has 0 radical (unpaired) electrons. The van der Waals surface area contributed by atoms with Crippen molar-refractivity contribution in [2.24, 2.45) is 0 Å². The topological polar surface area (TPSA) is 41.0 Å². The van der Waals surface area contributed by atoms with E-state index in [0.29, 0.717) is 0 Å². The van der Waals surface area contributed by atoms with E-state index in [9.17, 15) is 0 Å². The molecule has 0 amide bonds. The van der Waals surface area contributed by atoms with Crippen LogP contribution in [0.4, 0.5) is 0 Å². The number of hydrogen-bond donors (Lipinski definition) is 2. The van der Waals surface area contributed by atoms with Gasteiger partial charge in [-0.1, -0.05) is 18.2 Å². The van der Waals surface area contributed by atoms with E-state index in [-0.39, 0.29) is 0 Å². The monoisotopic (exact) mass is 268 g/mol. The maximum absolute atomic E-state index is 5.53. The van der Waals surface area contributed by atoms with E-state index in [1.807, 2.05) is 19.1 Å². The molecule has 2 aromatic heterocycles. The summed E-state index contributed by atoms with van der Waals surface area (Å²) in [5.74, 6) is 1.98. The zero-order valence-electron chi connectivity index (χ0n) is 11.8. The van der Waals surface area contributed by atoms with Crippen LogP contribution in [-0.2, 0) is 13.0 Å². The third-order valence-corrected chi connectivity index (χ3v) is 3.57. The molecule has 0 unspecified atom stereocenters. The molecule has 0 atom stereocenters. The number of aromatic nitrogens is 1. The van der Waals surface area contributed by atoms with Gasteiger partial charge in [-0.05, 0) is 50.1 Å². The molecular weight excluding hydrogens is 248 g/mol. The van der Waals surface area contributed by atoms with Crippen LogP contribution >= 0.6 is 0 Å². The lowest BCUT2D eigenvalue weighted by Crippen LogP contribution is -2.14. The number of para-hydroxylation sites is 1. The molecule has 0 spiro atoms. The van der Waals surface area contributed by atoms with Crippen LogP contribution in [0.3, 0.4) is 0 Å². The fraction of sp³-hybridized carbons (Fsp3) is 0.294. The minimum absolute atomic E-state index is 0.807. The molecule has 3 heteroatoms. The van der Waals surface area contributed by atoms with Crippen LogP contribution in [-0.4, -0.2) is 11.5 Å². The van der Waals surface area contributed by atoms with Gasteiger partial charge in [0.1, 0.15) is 11.5 Å². The fourth-order valence-electron chi connectivity index (χ4n) is 2.53. The molecule has 2 heterocycles. The Morgan fingerprint density at radius 1 is 1.15 bits per heavy atom. The molecular formula is C17H20N2O. The van der Waals surface area contributed by atoms with Crippen molar-refractivity contribution < 1.29 is 4.42 Å². The third-order valence-electron chi connectivity index (χ3n) is 3.57. The van der Waals surface area contributed by atoms with Gasteiger partial charge in [0.25, 0.3) is 0 Å². The summed E-state index contributed by atoms with van der Waals surface area (Å²) in [6.45, 7) is 3.78. The van der Waals surface area contributed by atoms with Gasteiger partial charge in [-0.2, -0.15) is 0 Å². The molecule has 2 N–H and O–H groups in total. The lowest BCUT2D eigenvalue weighted by molar-refractivity contribution is 0.460. The number of benzene rings is 1. The number of fused-ring (bicyclic) bond motifs is 1. The van der Waals surface area contributed by atoms with Gasteiger partial charge in [0.15, 0.2) is 0 Å². The SMILES string of the molecule is Cc1ccc(CNCCCc2c[nH]c3ccccc23)o1. The zero-order chi connectivity index (χ0) is 13.8. The fourth-order valence-corrected chi connectivity index (χ4v) is 2.53. The van der Waals surface area contributed by atoms with Crippen LogP contribution < -0.4 is 5.32 Å². The molecule has 3 nitrogen and oxygen atoms in total. The van der Waals surface area contributed by atoms with E-state index < -0.39 is 0 Å². The molecule has 3 aromatic rings. The molecule has 0 bridgehead atoms. The van der Waals surface area contributed by atoms with Gasteiger partial charge >= 0.3 is 0 Å². The minimum atomic E-state index is 0.807. The predicted octanol–water partition coefficient (Wildman–Crippen LogP) is 3.79. The van der Waals surface area contributed by atoms with E-state index in [4.69, 9.17) is 4.42 Å². The van der Waals surface area contributed by atoms with Crippen molar-refractivity contribution in [3.63, 3.8) is 0 Å². The van der Waals surface area contributed by atoms with Gasteiger partial charge < -0.3 is 14.7 Å². The minimum Gasteiger partial charge on any atom is -0.465 e. The number of aryl methyl sites for hydroxylation is 2. The first-order valence-electron chi connectivity index (χ1n) is 7.14. The highest BCUT2D eigenvalue weighted by molar-refractivity contribution is 5.82. The molecule has 0 aliphatic rings. The molecule has 0 saturated heterocycles. The van der Waals surface area contributed by atoms with Crippen LogP contribution in [0.25, 0.3) is 10.9 Å². The zero-order valence-corrected chi connectivity index (χ0v) is 11.8. The van der Waals surface area contributed by atoms with Crippen molar-refractivity contribution in [3.8, 4) is 0 Å². The Morgan fingerprint density at radius 3 is 2.90 bits per heavy atom. The van der Waals surface area contributed by atoms with Gasteiger partial charge in [0.05, 0.1) is 6.54 Å². The van der Waals surface area contributed by atoms with Crippen LogP contribution in [0, 0.1) is 6.92 Å². The van der Waals surface area contributed by atoms with Crippen LogP contribution in [0.5, 0.6) is 0 Å². The van der Waals surface area contributed by atoms with Gasteiger partial charge in [-0.25, -0.2) is 0 Å². The molecule has 1 aromatic carbocycles. The second kappa shape index (κ2) is 5.97. The highest BCUT2D eigenvalue weighted by Gasteiger charge is 2.02. The van der Waals surface area contributed by atoms with Crippen molar-refractivity contribution in [3.05, 3.63) is 59.7 Å². The van der Waals surface area contributed by atoms with Gasteiger partial charge in [0, 0.05) is 17.1 Å². The van der Waals surface area contributed by atoms with Crippen molar-refractivity contribution in [1.29, 1.82) is 0 Å². The Morgan fingerprint density at radius 2 is 2.05 bits per heavy atom. The van der Waals surface area contributed by atoms with Crippen molar-refractivity contribution in [2.75, 3.05) is 6.54 Å². The van der Waals surface area contributed by atoms with Crippen molar-refractivity contribution >= 4 is 10.9 Å². The van der Waals surface area contributed by atoms with Gasteiger partial charge in [-0.15, -0.1) is 0 Å². The highest BCUT2D eigenvalue weighted by Crippen LogP contribution is 2.18. The summed E-state index contributed by atoms with van der Waals surface area (Å²) >= 11 is 0. The first kappa shape index (κ1) is 13.0. The Kier molecular flexibility index (Phi) is 3.88. The average Bonchev–Trinajstić information content (AvgIpc) is 3.05. The van der Waals surface area contributed by atoms with Crippen molar-refractivity contribution in [1.82, 2.24) is 10.3 Å². The van der Waals surface area contributed by atoms with E-state index in [0.717, 1.165) is 37.5 Å². The normalized spacial score (nSPS) is 11.2. The van der Waals surface area contributed by atoms with E-state index >= 15 is 0 Å². The van der Waals surface area contributed by atoms with E-state index in [1.165, 1.54) is 16.5 Å². The standard InChI is InChI=1S/C17H20N2O/c1-13-8-9-15(20-13)12-18-10-4-5-14-11-19-17-7-3-2-6-16(14)17/h2-3,6-9,11,18-19H,4-5,10,12H2,1H3. The first-order valence-corrected chi connectivity index (χ1v) is 7.14. The Balaban J connectivity index is 1.46. The largest absolute Gasteiger partial charge is 0.465 e. The summed E-state index contributed by atoms with van der Waals surface area (Å²) in [4.78, 5) is 3.32. The summed E-state index contributed by atoms with van der Waals surface area (Å²) in [6.07, 6.45) is 4.34. The summed E-state index contributed by atoms with van der Waals surface area (Å²) in [6, 6.07) is 12.5. The number of H-pyrrole nitrogens is 1. The smallest absolute Gasteiger partial charge is 0.117 e. The molecule has 0 saturated carbocycles. The summed E-state index contributed by atoms with van der Waals surface area (Å²) in [7, 11) is 0. The number of nitrogens with one attached hydrogen (secondary N) is 2. The summed E-state index contributed by atoms with van der Waals surface area (Å²) in [5.41, 5.74) is 2.62. The van der Waals surface area contributed by atoms with Gasteiger partial charge in [-0.3, -0.25) is 0 Å². The Hall–Kier alpha value is -2.00. The summed E-state index contributed by atoms with van der Waals surface area (Å²) < 4.78 is 5.53. The van der Waals surface area contributed by atoms with E-state index in [1.54, 1.807) is 0 Å². The number of hydrogen-bond acceptors (Lipinski definition) is 2. The van der Waals surface area contributed by atoms with Crippen LogP contribution in [0.2, 0.25) is 0 Å². The Bertz CT molecular complexity index is 681. The molecule has 104 valence electrons. The van der Waals surface area contributed by atoms with Crippen LogP contribution in [0.15, 0.2) is 47.0 Å². The Labute approximate surface area is 119 Å². The number of furan rings is 1. The lowest BCUT2D eigenvalue weighted by Gasteiger charge is -2.02. The van der Waals surface area contributed by atoms with E-state index in [2.05, 4.69) is 40.8 Å².